The molecule has 0 fully saturated rings. The van der Waals surface area contributed by atoms with Gasteiger partial charge in [-0.25, -0.2) is 4.79 Å². The van der Waals surface area contributed by atoms with Crippen LogP contribution in [0.15, 0.2) is 53.7 Å². The van der Waals surface area contributed by atoms with Gasteiger partial charge >= 0.3 is 5.97 Å². The lowest BCUT2D eigenvalue weighted by Crippen LogP contribution is -2.15. The van der Waals surface area contributed by atoms with Crippen molar-refractivity contribution in [2.75, 3.05) is 11.1 Å². The van der Waals surface area contributed by atoms with E-state index in [-0.39, 0.29) is 22.2 Å². The fraction of sp³-hybridized carbons (Fsp3) is 0.158. The molecule has 9 heteroatoms. The van der Waals surface area contributed by atoms with Crippen LogP contribution in [-0.4, -0.2) is 37.5 Å². The monoisotopic (exact) mass is 416 g/mol. The van der Waals surface area contributed by atoms with E-state index in [1.54, 1.807) is 6.07 Å². The van der Waals surface area contributed by atoms with Crippen LogP contribution in [0.25, 0.3) is 11.4 Å². The molecule has 0 aliphatic carbocycles. The van der Waals surface area contributed by atoms with Gasteiger partial charge in [-0.05, 0) is 25.1 Å². The van der Waals surface area contributed by atoms with Gasteiger partial charge in [0, 0.05) is 17.8 Å². The second-order valence-electron chi connectivity index (χ2n) is 5.75. The molecule has 0 saturated carbocycles. The SMILES string of the molecule is CCn1c(SCC(=O)Nc2ccc(Cl)c(C(=O)O)c2)nnc1-c1ccccc1. The highest BCUT2D eigenvalue weighted by molar-refractivity contribution is 7.99. The molecular weight excluding hydrogens is 400 g/mol. The van der Waals surface area contributed by atoms with Gasteiger partial charge in [0.15, 0.2) is 11.0 Å². The average molecular weight is 417 g/mol. The number of benzene rings is 2. The van der Waals surface area contributed by atoms with E-state index in [2.05, 4.69) is 15.5 Å². The molecule has 1 heterocycles. The Morgan fingerprint density at radius 1 is 1.18 bits per heavy atom. The Balaban J connectivity index is 1.68. The first kappa shape index (κ1) is 19.9. The summed E-state index contributed by atoms with van der Waals surface area (Å²) in [6.45, 7) is 2.65. The van der Waals surface area contributed by atoms with Crippen molar-refractivity contribution >= 4 is 40.9 Å². The summed E-state index contributed by atoms with van der Waals surface area (Å²) in [7, 11) is 0. The highest BCUT2D eigenvalue weighted by Gasteiger charge is 2.15. The van der Waals surface area contributed by atoms with E-state index >= 15 is 0 Å². The summed E-state index contributed by atoms with van der Waals surface area (Å²) >= 11 is 7.10. The highest BCUT2D eigenvalue weighted by atomic mass is 35.5. The van der Waals surface area contributed by atoms with Crippen LogP contribution in [0, 0.1) is 0 Å². The van der Waals surface area contributed by atoms with Crippen LogP contribution < -0.4 is 5.32 Å². The van der Waals surface area contributed by atoms with Gasteiger partial charge in [0.25, 0.3) is 0 Å². The summed E-state index contributed by atoms with van der Waals surface area (Å²) in [5.74, 6) is -0.580. The third kappa shape index (κ3) is 4.52. The number of thioether (sulfide) groups is 1. The molecule has 2 aromatic carbocycles. The number of hydrogen-bond acceptors (Lipinski definition) is 5. The Hall–Kier alpha value is -2.84. The van der Waals surface area contributed by atoms with E-state index in [1.807, 2.05) is 41.8 Å². The van der Waals surface area contributed by atoms with Crippen LogP contribution >= 0.6 is 23.4 Å². The maximum absolute atomic E-state index is 12.3. The molecule has 7 nitrogen and oxygen atoms in total. The minimum Gasteiger partial charge on any atom is -0.478 e. The van der Waals surface area contributed by atoms with Crippen molar-refractivity contribution in [1.29, 1.82) is 0 Å². The quantitative estimate of drug-likeness (QED) is 0.564. The van der Waals surface area contributed by atoms with Crippen LogP contribution in [0.2, 0.25) is 5.02 Å². The zero-order chi connectivity index (χ0) is 20.1. The lowest BCUT2D eigenvalue weighted by molar-refractivity contribution is -0.113. The van der Waals surface area contributed by atoms with E-state index in [0.29, 0.717) is 17.4 Å². The summed E-state index contributed by atoms with van der Waals surface area (Å²) in [5.41, 5.74) is 1.26. The Morgan fingerprint density at radius 2 is 1.93 bits per heavy atom. The molecule has 0 aliphatic rings. The summed E-state index contributed by atoms with van der Waals surface area (Å²) in [4.78, 5) is 23.4. The van der Waals surface area contributed by atoms with E-state index in [1.165, 1.54) is 23.9 Å². The second-order valence-corrected chi connectivity index (χ2v) is 7.10. The molecule has 2 N–H and O–H groups in total. The van der Waals surface area contributed by atoms with Crippen LogP contribution in [0.4, 0.5) is 5.69 Å². The Bertz CT molecular complexity index is 1010. The van der Waals surface area contributed by atoms with Gasteiger partial charge in [-0.1, -0.05) is 53.7 Å². The number of carboxylic acids is 1. The van der Waals surface area contributed by atoms with E-state index in [9.17, 15) is 9.59 Å². The number of hydrogen-bond donors (Lipinski definition) is 2. The van der Waals surface area contributed by atoms with E-state index in [4.69, 9.17) is 16.7 Å². The fourth-order valence-corrected chi connectivity index (χ4v) is 3.58. The second kappa shape index (κ2) is 8.90. The van der Waals surface area contributed by atoms with E-state index < -0.39 is 5.97 Å². The molecule has 0 radical (unpaired) electrons. The number of carbonyl (C=O) groups is 2. The summed E-state index contributed by atoms with van der Waals surface area (Å²) < 4.78 is 1.94. The maximum atomic E-state index is 12.3. The van der Waals surface area contributed by atoms with Crippen LogP contribution in [-0.2, 0) is 11.3 Å². The first-order valence-corrected chi connectivity index (χ1v) is 9.80. The van der Waals surface area contributed by atoms with Crippen molar-refractivity contribution in [3.8, 4) is 11.4 Å². The maximum Gasteiger partial charge on any atom is 0.337 e. The number of nitrogens with one attached hydrogen (secondary N) is 1. The lowest BCUT2D eigenvalue weighted by Gasteiger charge is -2.08. The Labute approximate surface area is 170 Å². The van der Waals surface area contributed by atoms with Crippen molar-refractivity contribution in [2.45, 2.75) is 18.6 Å². The smallest absolute Gasteiger partial charge is 0.337 e. The number of aromatic nitrogens is 3. The molecule has 0 spiro atoms. The number of anilines is 1. The van der Waals surface area contributed by atoms with Crippen molar-refractivity contribution in [3.63, 3.8) is 0 Å². The number of halogens is 1. The zero-order valence-corrected chi connectivity index (χ0v) is 16.5. The third-order valence-electron chi connectivity index (χ3n) is 3.88. The molecule has 3 rings (SSSR count). The zero-order valence-electron chi connectivity index (χ0n) is 14.9. The molecule has 1 aromatic heterocycles. The Kier molecular flexibility index (Phi) is 6.33. The van der Waals surface area contributed by atoms with Gasteiger partial charge in [0.05, 0.1) is 16.3 Å². The number of carbonyl (C=O) groups excluding carboxylic acids is 1. The van der Waals surface area contributed by atoms with Crippen LogP contribution in [0.1, 0.15) is 17.3 Å². The standard InChI is InChI=1S/C19H17ClN4O3S/c1-2-24-17(12-6-4-3-5-7-12)22-23-19(24)28-11-16(25)21-13-8-9-15(20)14(10-13)18(26)27/h3-10H,2,11H2,1H3,(H,21,25)(H,26,27). The number of rotatable bonds is 7. The molecule has 0 aliphatic heterocycles. The van der Waals surface area contributed by atoms with Crippen molar-refractivity contribution in [2.24, 2.45) is 0 Å². The van der Waals surface area contributed by atoms with Crippen LogP contribution in [0.5, 0.6) is 0 Å². The van der Waals surface area contributed by atoms with E-state index in [0.717, 1.165) is 11.4 Å². The first-order chi connectivity index (χ1) is 13.5. The number of carboxylic acid groups (broad SMARTS) is 1. The minimum atomic E-state index is -1.15. The molecule has 144 valence electrons. The topological polar surface area (TPSA) is 97.1 Å². The van der Waals surface area contributed by atoms with Gasteiger partial charge in [-0.2, -0.15) is 0 Å². The Morgan fingerprint density at radius 3 is 2.61 bits per heavy atom. The number of aromatic carboxylic acids is 1. The third-order valence-corrected chi connectivity index (χ3v) is 5.17. The number of amides is 1. The average Bonchev–Trinajstić information content (AvgIpc) is 3.11. The molecule has 1 amide bonds. The molecule has 0 unspecified atom stereocenters. The lowest BCUT2D eigenvalue weighted by atomic mass is 10.2. The van der Waals surface area contributed by atoms with Crippen LogP contribution in [0.3, 0.4) is 0 Å². The summed E-state index contributed by atoms with van der Waals surface area (Å²) in [6.07, 6.45) is 0. The van der Waals surface area contributed by atoms with Gasteiger partial charge < -0.3 is 15.0 Å². The van der Waals surface area contributed by atoms with Gasteiger partial charge in [-0.15, -0.1) is 10.2 Å². The number of nitrogens with zero attached hydrogens (tertiary/aromatic N) is 3. The van der Waals surface area contributed by atoms with Crippen molar-refractivity contribution in [1.82, 2.24) is 14.8 Å². The predicted molar refractivity (Wildman–Crippen MR) is 109 cm³/mol. The molecule has 28 heavy (non-hydrogen) atoms. The van der Waals surface area contributed by atoms with Crippen molar-refractivity contribution in [3.05, 3.63) is 59.1 Å². The van der Waals surface area contributed by atoms with Gasteiger partial charge in [0.2, 0.25) is 5.91 Å². The highest BCUT2D eigenvalue weighted by Crippen LogP contribution is 2.24. The summed E-state index contributed by atoms with van der Waals surface area (Å²) in [5, 5.41) is 21.0. The molecule has 0 atom stereocenters. The summed E-state index contributed by atoms with van der Waals surface area (Å²) in [6, 6.07) is 14.0. The molecule has 3 aromatic rings. The van der Waals surface area contributed by atoms with Crippen molar-refractivity contribution < 1.29 is 14.7 Å². The predicted octanol–water partition coefficient (Wildman–Crippen LogP) is 4.05. The molecule has 0 bridgehead atoms. The largest absolute Gasteiger partial charge is 0.478 e. The first-order valence-electron chi connectivity index (χ1n) is 8.43. The normalized spacial score (nSPS) is 10.6. The van der Waals surface area contributed by atoms with Gasteiger partial charge in [0.1, 0.15) is 0 Å². The van der Waals surface area contributed by atoms with Gasteiger partial charge in [-0.3, -0.25) is 4.79 Å². The molecular formula is C19H17ClN4O3S. The molecule has 0 saturated heterocycles. The fourth-order valence-electron chi connectivity index (χ4n) is 2.58. The minimum absolute atomic E-state index is 0.0645.